The lowest BCUT2D eigenvalue weighted by Gasteiger charge is -2.19. The van der Waals surface area contributed by atoms with Crippen molar-refractivity contribution in [1.29, 1.82) is 0 Å². The van der Waals surface area contributed by atoms with Gasteiger partial charge in [0.05, 0.1) is 30.5 Å². The maximum absolute atomic E-state index is 10.9. The molecule has 1 saturated carbocycles. The Morgan fingerprint density at radius 1 is 1.29 bits per heavy atom. The first-order chi connectivity index (χ1) is 14.9. The molecule has 5 nitrogen and oxygen atoms in total. The van der Waals surface area contributed by atoms with Gasteiger partial charge in [-0.15, -0.1) is 11.8 Å². The number of rotatable bonds is 9. The van der Waals surface area contributed by atoms with Crippen molar-refractivity contribution in [2.45, 2.75) is 63.1 Å². The molecule has 0 amide bonds. The number of aromatic nitrogens is 2. The van der Waals surface area contributed by atoms with E-state index in [1.54, 1.807) is 18.9 Å². The van der Waals surface area contributed by atoms with Crippen molar-refractivity contribution in [2.24, 2.45) is 11.7 Å². The molecule has 166 valence electrons. The number of hydrogen-bond acceptors (Lipinski definition) is 5. The molecule has 2 unspecified atom stereocenters. The van der Waals surface area contributed by atoms with Crippen LogP contribution < -0.4 is 10.5 Å². The molecule has 31 heavy (non-hydrogen) atoms. The van der Waals surface area contributed by atoms with Crippen molar-refractivity contribution in [3.63, 3.8) is 0 Å². The first kappa shape index (κ1) is 22.2. The van der Waals surface area contributed by atoms with Gasteiger partial charge in [0.15, 0.2) is 0 Å². The smallest absolute Gasteiger partial charge is 0.128 e. The molecule has 1 aliphatic carbocycles. The number of benzene rings is 1. The summed E-state index contributed by atoms with van der Waals surface area (Å²) in [6.45, 7) is 4.17. The highest BCUT2D eigenvalue weighted by Gasteiger charge is 2.27. The van der Waals surface area contributed by atoms with E-state index in [1.807, 2.05) is 22.9 Å². The lowest BCUT2D eigenvalue weighted by Crippen LogP contribution is -2.26. The van der Waals surface area contributed by atoms with Crippen molar-refractivity contribution in [2.75, 3.05) is 13.4 Å². The molecule has 3 aromatic rings. The minimum atomic E-state index is -0.572. The van der Waals surface area contributed by atoms with Crippen LogP contribution in [0.15, 0.2) is 35.4 Å². The zero-order valence-electron chi connectivity index (χ0n) is 18.9. The summed E-state index contributed by atoms with van der Waals surface area (Å²) < 4.78 is 7.67. The molecular formula is C25H33N3O2S. The maximum Gasteiger partial charge on any atom is 0.128 e. The minimum absolute atomic E-state index is 0.463. The molecule has 1 aromatic carbocycles. The Hall–Kier alpha value is -2.02. The zero-order valence-corrected chi connectivity index (χ0v) is 19.7. The maximum atomic E-state index is 10.9. The third-order valence-electron chi connectivity index (χ3n) is 6.33. The summed E-state index contributed by atoms with van der Waals surface area (Å²) in [6.07, 6.45) is 7.08. The van der Waals surface area contributed by atoms with E-state index in [0.717, 1.165) is 63.0 Å². The number of hydrogen-bond donors (Lipinski definition) is 2. The predicted octanol–water partition coefficient (Wildman–Crippen LogP) is 5.29. The highest BCUT2D eigenvalue weighted by atomic mass is 32.2. The number of aliphatic hydroxyl groups is 1. The second-order valence-corrected chi connectivity index (χ2v) is 9.55. The molecule has 6 heteroatoms. The zero-order chi connectivity index (χ0) is 22.1. The number of pyridine rings is 1. The number of fused-ring (bicyclic) bond motifs is 1. The van der Waals surface area contributed by atoms with Gasteiger partial charge in [0.2, 0.25) is 0 Å². The second-order valence-electron chi connectivity index (χ2n) is 8.76. The number of nitrogens with zero attached hydrogens (tertiary/aromatic N) is 2. The van der Waals surface area contributed by atoms with Crippen LogP contribution in [0.4, 0.5) is 0 Å². The van der Waals surface area contributed by atoms with Crippen molar-refractivity contribution in [1.82, 2.24) is 9.61 Å². The molecule has 0 aliphatic heterocycles. The molecule has 1 fully saturated rings. The van der Waals surface area contributed by atoms with Crippen molar-refractivity contribution < 1.29 is 9.84 Å². The van der Waals surface area contributed by atoms with E-state index < -0.39 is 12.1 Å². The summed E-state index contributed by atoms with van der Waals surface area (Å²) >= 11 is 1.57. The largest absolute Gasteiger partial charge is 0.496 e. The Bertz CT molecular complexity index is 1070. The molecule has 0 bridgehead atoms. The van der Waals surface area contributed by atoms with E-state index in [4.69, 9.17) is 15.6 Å². The van der Waals surface area contributed by atoms with Gasteiger partial charge in [-0.1, -0.05) is 37.8 Å². The third-order valence-corrected chi connectivity index (χ3v) is 7.02. The van der Waals surface area contributed by atoms with Gasteiger partial charge in [0.1, 0.15) is 10.8 Å². The highest BCUT2D eigenvalue weighted by Crippen LogP contribution is 2.38. The van der Waals surface area contributed by atoms with E-state index in [9.17, 15) is 5.11 Å². The van der Waals surface area contributed by atoms with E-state index in [1.165, 1.54) is 19.3 Å². The summed E-state index contributed by atoms with van der Waals surface area (Å²) in [4.78, 5) is 0. The summed E-state index contributed by atoms with van der Waals surface area (Å²) in [7, 11) is 1.70. The van der Waals surface area contributed by atoms with Gasteiger partial charge in [-0.2, -0.15) is 5.10 Å². The van der Waals surface area contributed by atoms with Crippen molar-refractivity contribution in [3.8, 4) is 17.0 Å². The number of nitrogens with two attached hydrogens (primary N) is 1. The van der Waals surface area contributed by atoms with Crippen molar-refractivity contribution in [3.05, 3.63) is 47.0 Å². The molecule has 2 heterocycles. The van der Waals surface area contributed by atoms with Gasteiger partial charge in [-0.05, 0) is 61.8 Å². The average molecular weight is 440 g/mol. The topological polar surface area (TPSA) is 72.8 Å². The van der Waals surface area contributed by atoms with Gasteiger partial charge in [0, 0.05) is 11.1 Å². The Labute approximate surface area is 189 Å². The van der Waals surface area contributed by atoms with Gasteiger partial charge in [-0.25, -0.2) is 4.52 Å². The van der Waals surface area contributed by atoms with E-state index in [0.29, 0.717) is 0 Å². The second kappa shape index (κ2) is 9.23. The number of aliphatic hydroxyl groups excluding tert-OH is 1. The molecule has 2 aromatic heterocycles. The SMILES string of the molecule is COc1cc(C)cc(C)c1-c1cccc2c(C(N)C(O)CCCC3CC3)c(SC)nn12. The molecule has 4 rings (SSSR count). The molecule has 0 spiro atoms. The molecule has 1 aliphatic rings. The summed E-state index contributed by atoms with van der Waals surface area (Å²) in [6, 6.07) is 9.88. The van der Waals surface area contributed by atoms with Crippen LogP contribution in [0.1, 0.15) is 54.8 Å². The fourth-order valence-electron chi connectivity index (χ4n) is 4.53. The fourth-order valence-corrected chi connectivity index (χ4v) is 5.16. The van der Waals surface area contributed by atoms with E-state index in [2.05, 4.69) is 32.0 Å². The van der Waals surface area contributed by atoms with Crippen LogP contribution in [-0.4, -0.2) is 34.2 Å². The molecule has 0 saturated heterocycles. The Morgan fingerprint density at radius 2 is 2.06 bits per heavy atom. The van der Waals surface area contributed by atoms with Crippen LogP contribution in [0.5, 0.6) is 5.75 Å². The van der Waals surface area contributed by atoms with Gasteiger partial charge in [-0.3, -0.25) is 0 Å². The van der Waals surface area contributed by atoms with Crippen LogP contribution in [-0.2, 0) is 0 Å². The normalized spacial score (nSPS) is 15.9. The fraction of sp³-hybridized carbons (Fsp3) is 0.480. The van der Waals surface area contributed by atoms with E-state index >= 15 is 0 Å². The molecular weight excluding hydrogens is 406 g/mol. The number of ether oxygens (including phenoxy) is 1. The van der Waals surface area contributed by atoms with Crippen LogP contribution in [0.25, 0.3) is 16.8 Å². The number of aryl methyl sites for hydroxylation is 2. The van der Waals surface area contributed by atoms with E-state index in [-0.39, 0.29) is 0 Å². The summed E-state index contributed by atoms with van der Waals surface area (Å²) in [5, 5.41) is 16.6. The minimum Gasteiger partial charge on any atom is -0.496 e. The lowest BCUT2D eigenvalue weighted by atomic mass is 9.98. The third kappa shape index (κ3) is 4.47. The van der Waals surface area contributed by atoms with Crippen molar-refractivity contribution >= 4 is 17.3 Å². The average Bonchev–Trinajstić information content (AvgIpc) is 3.49. The molecule has 3 N–H and O–H groups in total. The first-order valence-corrected chi connectivity index (χ1v) is 12.3. The summed E-state index contributed by atoms with van der Waals surface area (Å²) in [5.41, 5.74) is 12.8. The molecule has 2 atom stereocenters. The Kier molecular flexibility index (Phi) is 6.60. The first-order valence-electron chi connectivity index (χ1n) is 11.1. The lowest BCUT2D eigenvalue weighted by molar-refractivity contribution is 0.131. The van der Waals surface area contributed by atoms with Crippen LogP contribution in [0.2, 0.25) is 0 Å². The standard InChI is InChI=1S/C25H33N3O2S/c1-15-13-16(2)22(21(14-15)30-3)18-8-6-9-19-23(25(31-4)27-28(18)19)24(26)20(29)10-5-7-17-11-12-17/h6,8-9,13-14,17,20,24,29H,5,7,10-12,26H2,1-4H3. The predicted molar refractivity (Wildman–Crippen MR) is 128 cm³/mol. The Balaban J connectivity index is 1.75. The van der Waals surface area contributed by atoms with Gasteiger partial charge in [0.25, 0.3) is 0 Å². The highest BCUT2D eigenvalue weighted by molar-refractivity contribution is 7.98. The number of thioether (sulfide) groups is 1. The molecule has 0 radical (unpaired) electrons. The monoisotopic (exact) mass is 439 g/mol. The van der Waals surface area contributed by atoms with Crippen LogP contribution >= 0.6 is 11.8 Å². The van der Waals surface area contributed by atoms with Gasteiger partial charge >= 0.3 is 0 Å². The van der Waals surface area contributed by atoms with Crippen LogP contribution in [0.3, 0.4) is 0 Å². The Morgan fingerprint density at radius 3 is 2.74 bits per heavy atom. The quantitative estimate of drug-likeness (QED) is 0.443. The van der Waals surface area contributed by atoms with Gasteiger partial charge < -0.3 is 15.6 Å². The summed E-state index contributed by atoms with van der Waals surface area (Å²) in [5.74, 6) is 1.70. The van der Waals surface area contributed by atoms with Crippen LogP contribution in [0, 0.1) is 19.8 Å². The number of methoxy groups -OCH3 is 1.